The first-order chi connectivity index (χ1) is 12.0. The summed E-state index contributed by atoms with van der Waals surface area (Å²) in [5, 5.41) is 8.87. The lowest BCUT2D eigenvalue weighted by Crippen LogP contribution is -2.12. The molecule has 1 aliphatic carbocycles. The summed E-state index contributed by atoms with van der Waals surface area (Å²) >= 11 is 1.69. The summed E-state index contributed by atoms with van der Waals surface area (Å²) in [5.74, 6) is -0.907. The van der Waals surface area contributed by atoms with E-state index in [0.29, 0.717) is 0 Å². The van der Waals surface area contributed by atoms with Gasteiger partial charge in [-0.1, -0.05) is 30.3 Å². The first kappa shape index (κ1) is 17.6. The van der Waals surface area contributed by atoms with Crippen LogP contribution in [0.1, 0.15) is 32.9 Å². The van der Waals surface area contributed by atoms with Gasteiger partial charge in [0.15, 0.2) is 0 Å². The van der Waals surface area contributed by atoms with Gasteiger partial charge in [-0.15, -0.1) is 11.3 Å². The zero-order chi connectivity index (χ0) is 17.8. The van der Waals surface area contributed by atoms with E-state index in [0.717, 1.165) is 30.7 Å². The standard InChI is InChI=1S/C21H23NO2S/c1-22(2)13-5-8-19-18-7-4-3-6-15(18)9-10-16-14-17(25-21(16)19)11-12-20(23)24/h3-4,6-8,11-12,14H,5,9-10,13H2,1-2H3,(H,23,24). The number of fused-ring (bicyclic) bond motifs is 2. The Hall–Kier alpha value is -2.17. The van der Waals surface area contributed by atoms with E-state index in [4.69, 9.17) is 5.11 Å². The number of nitrogens with zero attached hydrogens (tertiary/aromatic N) is 1. The van der Waals surface area contributed by atoms with Gasteiger partial charge in [-0.05, 0) is 67.8 Å². The molecule has 0 bridgehead atoms. The number of hydrogen-bond acceptors (Lipinski definition) is 3. The van der Waals surface area contributed by atoms with Crippen molar-refractivity contribution < 1.29 is 9.90 Å². The summed E-state index contributed by atoms with van der Waals surface area (Å²) < 4.78 is 0. The molecule has 0 unspecified atom stereocenters. The number of carboxylic acids is 1. The molecular formula is C21H23NO2S. The SMILES string of the molecule is CN(C)CCC=C1c2ccccc2CCc2cc(C=CC(=O)O)sc21. The summed E-state index contributed by atoms with van der Waals surface area (Å²) in [6.07, 6.45) is 8.26. The van der Waals surface area contributed by atoms with Crippen LogP contribution in [-0.4, -0.2) is 36.6 Å². The van der Waals surface area contributed by atoms with E-state index in [2.05, 4.69) is 55.4 Å². The maximum absolute atomic E-state index is 10.8. The highest BCUT2D eigenvalue weighted by Gasteiger charge is 2.20. The predicted octanol–water partition coefficient (Wildman–Crippen LogP) is 4.33. The van der Waals surface area contributed by atoms with Crippen molar-refractivity contribution in [2.45, 2.75) is 19.3 Å². The molecule has 0 fully saturated rings. The van der Waals surface area contributed by atoms with Crippen LogP contribution in [0.25, 0.3) is 11.6 Å². The van der Waals surface area contributed by atoms with Crippen molar-refractivity contribution in [3.8, 4) is 0 Å². The Balaban J connectivity index is 2.03. The molecule has 0 saturated heterocycles. The average molecular weight is 353 g/mol. The quantitative estimate of drug-likeness (QED) is 0.814. The van der Waals surface area contributed by atoms with E-state index in [1.54, 1.807) is 17.4 Å². The fourth-order valence-corrected chi connectivity index (χ4v) is 4.33. The molecule has 0 amide bonds. The Morgan fingerprint density at radius 2 is 2.00 bits per heavy atom. The van der Waals surface area contributed by atoms with Gasteiger partial charge in [0.2, 0.25) is 0 Å². The Morgan fingerprint density at radius 1 is 1.24 bits per heavy atom. The van der Waals surface area contributed by atoms with Crippen molar-refractivity contribution in [2.75, 3.05) is 20.6 Å². The van der Waals surface area contributed by atoms with Crippen LogP contribution in [-0.2, 0) is 17.6 Å². The van der Waals surface area contributed by atoms with Crippen molar-refractivity contribution in [1.29, 1.82) is 0 Å². The lowest BCUT2D eigenvalue weighted by Gasteiger charge is -2.11. The maximum Gasteiger partial charge on any atom is 0.328 e. The minimum absolute atomic E-state index is 0.907. The molecule has 0 saturated carbocycles. The molecule has 130 valence electrons. The molecule has 25 heavy (non-hydrogen) atoms. The number of carboxylic acid groups (broad SMARTS) is 1. The van der Waals surface area contributed by atoms with Gasteiger partial charge in [0, 0.05) is 22.4 Å². The van der Waals surface area contributed by atoms with Crippen molar-refractivity contribution in [3.05, 3.63) is 68.9 Å². The highest BCUT2D eigenvalue weighted by molar-refractivity contribution is 7.14. The van der Waals surface area contributed by atoms with Gasteiger partial charge < -0.3 is 10.0 Å². The van der Waals surface area contributed by atoms with Gasteiger partial charge in [-0.3, -0.25) is 0 Å². The number of rotatable bonds is 5. The van der Waals surface area contributed by atoms with Gasteiger partial charge in [0.1, 0.15) is 0 Å². The van der Waals surface area contributed by atoms with Crippen LogP contribution >= 0.6 is 11.3 Å². The fraction of sp³-hybridized carbons (Fsp3) is 0.286. The molecule has 4 heteroatoms. The van der Waals surface area contributed by atoms with Gasteiger partial charge in [-0.25, -0.2) is 4.79 Å². The largest absolute Gasteiger partial charge is 0.478 e. The third-order valence-electron chi connectivity index (χ3n) is 4.36. The third kappa shape index (κ3) is 4.27. The van der Waals surface area contributed by atoms with Crippen LogP contribution < -0.4 is 0 Å². The number of carbonyl (C=O) groups is 1. The Labute approximate surface area is 152 Å². The fourth-order valence-electron chi connectivity index (χ4n) is 3.16. The molecule has 0 aliphatic heterocycles. The number of aliphatic carboxylic acids is 1. The van der Waals surface area contributed by atoms with E-state index in [1.165, 1.54) is 33.2 Å². The van der Waals surface area contributed by atoms with E-state index in [9.17, 15) is 4.79 Å². The lowest BCUT2D eigenvalue weighted by atomic mass is 9.98. The summed E-state index contributed by atoms with van der Waals surface area (Å²) in [6, 6.07) is 10.8. The van der Waals surface area contributed by atoms with Crippen LogP contribution in [0.5, 0.6) is 0 Å². The van der Waals surface area contributed by atoms with E-state index in [-0.39, 0.29) is 0 Å². The van der Waals surface area contributed by atoms with Crippen LogP contribution in [0.15, 0.2) is 42.5 Å². The summed E-state index contributed by atoms with van der Waals surface area (Å²) in [7, 11) is 4.18. The topological polar surface area (TPSA) is 40.5 Å². The zero-order valence-electron chi connectivity index (χ0n) is 14.7. The van der Waals surface area contributed by atoms with Crippen molar-refractivity contribution >= 4 is 29.0 Å². The molecule has 3 rings (SSSR count). The Morgan fingerprint density at radius 3 is 2.76 bits per heavy atom. The first-order valence-electron chi connectivity index (χ1n) is 8.52. The highest BCUT2D eigenvalue weighted by atomic mass is 32.1. The summed E-state index contributed by atoms with van der Waals surface area (Å²) in [6.45, 7) is 1.01. The minimum atomic E-state index is -0.907. The molecule has 3 nitrogen and oxygen atoms in total. The van der Waals surface area contributed by atoms with Crippen molar-refractivity contribution in [2.24, 2.45) is 0 Å². The van der Waals surface area contributed by atoms with Gasteiger partial charge in [0.05, 0.1) is 0 Å². The summed E-state index contributed by atoms with van der Waals surface area (Å²) in [5.41, 5.74) is 5.33. The second-order valence-corrected chi connectivity index (χ2v) is 7.63. The molecule has 1 N–H and O–H groups in total. The zero-order valence-corrected chi connectivity index (χ0v) is 15.5. The molecule has 0 radical (unpaired) electrons. The van der Waals surface area contributed by atoms with Crippen LogP contribution in [0.3, 0.4) is 0 Å². The monoisotopic (exact) mass is 353 g/mol. The Kier molecular flexibility index (Phi) is 5.51. The second-order valence-electron chi connectivity index (χ2n) is 6.54. The maximum atomic E-state index is 10.8. The molecule has 2 aromatic rings. The highest BCUT2D eigenvalue weighted by Crippen LogP contribution is 2.39. The van der Waals surface area contributed by atoms with E-state index in [1.807, 2.05) is 0 Å². The third-order valence-corrected chi connectivity index (χ3v) is 5.53. The minimum Gasteiger partial charge on any atom is -0.478 e. The first-order valence-corrected chi connectivity index (χ1v) is 9.33. The number of hydrogen-bond donors (Lipinski definition) is 1. The Bertz CT molecular complexity index is 830. The molecule has 0 atom stereocenters. The number of thiophene rings is 1. The lowest BCUT2D eigenvalue weighted by molar-refractivity contribution is -0.131. The van der Waals surface area contributed by atoms with Gasteiger partial charge >= 0.3 is 5.97 Å². The smallest absolute Gasteiger partial charge is 0.328 e. The molecule has 1 aliphatic rings. The average Bonchev–Trinajstić information content (AvgIpc) is 2.92. The molecular weight excluding hydrogens is 330 g/mol. The van der Waals surface area contributed by atoms with Gasteiger partial charge in [0.25, 0.3) is 0 Å². The molecule has 1 aromatic carbocycles. The number of benzene rings is 1. The molecule has 1 heterocycles. The van der Waals surface area contributed by atoms with E-state index < -0.39 is 5.97 Å². The molecule has 1 aromatic heterocycles. The van der Waals surface area contributed by atoms with E-state index >= 15 is 0 Å². The molecule has 0 spiro atoms. The van der Waals surface area contributed by atoms with Crippen molar-refractivity contribution in [1.82, 2.24) is 4.90 Å². The van der Waals surface area contributed by atoms with Crippen LogP contribution in [0.2, 0.25) is 0 Å². The normalized spacial score (nSPS) is 15.4. The van der Waals surface area contributed by atoms with Gasteiger partial charge in [-0.2, -0.15) is 0 Å². The van der Waals surface area contributed by atoms with Crippen molar-refractivity contribution in [3.63, 3.8) is 0 Å². The predicted molar refractivity (Wildman–Crippen MR) is 105 cm³/mol. The second kappa shape index (κ2) is 7.81. The van der Waals surface area contributed by atoms with Crippen LogP contribution in [0.4, 0.5) is 0 Å². The number of aryl methyl sites for hydroxylation is 2. The summed E-state index contributed by atoms with van der Waals surface area (Å²) in [4.78, 5) is 15.3. The van der Waals surface area contributed by atoms with Crippen LogP contribution in [0, 0.1) is 0 Å².